The van der Waals surface area contributed by atoms with E-state index in [0.717, 1.165) is 11.9 Å². The summed E-state index contributed by atoms with van der Waals surface area (Å²) in [4.78, 5) is 5.05. The lowest BCUT2D eigenvalue weighted by molar-refractivity contribution is 0.761. The zero-order valence-corrected chi connectivity index (χ0v) is 13.2. The molecular weight excluding hydrogens is 278 g/mol. The molecule has 0 amide bonds. The topological polar surface area (TPSA) is 12.9 Å². The van der Waals surface area contributed by atoms with Crippen LogP contribution in [0.3, 0.4) is 0 Å². The summed E-state index contributed by atoms with van der Waals surface area (Å²) in [6.07, 6.45) is 1.04. The standard InChI is InChI=1S/C22H19N/c1-2-17(16-10-4-3-5-11-16)22-20-14-7-6-12-18(20)19-13-8-9-15-21(19)23-22/h3-15,17H,2H2,1H3. The summed E-state index contributed by atoms with van der Waals surface area (Å²) in [7, 11) is 0. The van der Waals surface area contributed by atoms with Gasteiger partial charge in [-0.3, -0.25) is 4.98 Å². The maximum Gasteiger partial charge on any atom is 0.0712 e. The van der Waals surface area contributed by atoms with Crippen LogP contribution >= 0.6 is 0 Å². The van der Waals surface area contributed by atoms with E-state index >= 15 is 0 Å². The second-order valence-electron chi connectivity index (χ2n) is 5.93. The second kappa shape index (κ2) is 5.85. The summed E-state index contributed by atoms with van der Waals surface area (Å²) in [5, 5.41) is 3.79. The predicted molar refractivity (Wildman–Crippen MR) is 97.8 cm³/mol. The van der Waals surface area contributed by atoms with E-state index in [1.807, 2.05) is 0 Å². The highest BCUT2D eigenvalue weighted by Crippen LogP contribution is 2.34. The molecule has 0 bridgehead atoms. The van der Waals surface area contributed by atoms with E-state index < -0.39 is 0 Å². The van der Waals surface area contributed by atoms with Gasteiger partial charge in [0.25, 0.3) is 0 Å². The van der Waals surface area contributed by atoms with E-state index in [9.17, 15) is 0 Å². The van der Waals surface area contributed by atoms with E-state index in [-0.39, 0.29) is 0 Å². The molecule has 1 heteroatoms. The quantitative estimate of drug-likeness (QED) is 0.427. The Balaban J connectivity index is 2.05. The fraction of sp³-hybridized carbons (Fsp3) is 0.136. The number of hydrogen-bond donors (Lipinski definition) is 0. The normalized spacial score (nSPS) is 12.6. The van der Waals surface area contributed by atoms with Crippen LogP contribution < -0.4 is 0 Å². The van der Waals surface area contributed by atoms with E-state index in [2.05, 4.69) is 85.8 Å². The van der Waals surface area contributed by atoms with Crippen LogP contribution in [0.2, 0.25) is 0 Å². The van der Waals surface area contributed by atoms with Gasteiger partial charge >= 0.3 is 0 Å². The minimum Gasteiger partial charge on any atom is -0.252 e. The van der Waals surface area contributed by atoms with Gasteiger partial charge in [0.1, 0.15) is 0 Å². The molecule has 112 valence electrons. The number of nitrogens with zero attached hydrogens (tertiary/aromatic N) is 1. The average molecular weight is 297 g/mol. The first kappa shape index (κ1) is 14.0. The monoisotopic (exact) mass is 297 g/mol. The molecule has 1 nitrogen and oxygen atoms in total. The van der Waals surface area contributed by atoms with E-state index in [4.69, 9.17) is 4.98 Å². The summed E-state index contributed by atoms with van der Waals surface area (Å²) in [6.45, 7) is 2.24. The number of rotatable bonds is 3. The molecule has 0 fully saturated rings. The Morgan fingerprint density at radius 2 is 1.30 bits per heavy atom. The van der Waals surface area contributed by atoms with Gasteiger partial charge in [0, 0.05) is 16.7 Å². The van der Waals surface area contributed by atoms with Crippen molar-refractivity contribution in [2.75, 3.05) is 0 Å². The summed E-state index contributed by atoms with van der Waals surface area (Å²) < 4.78 is 0. The van der Waals surface area contributed by atoms with Crippen molar-refractivity contribution in [2.24, 2.45) is 0 Å². The van der Waals surface area contributed by atoms with Gasteiger partial charge in [-0.05, 0) is 23.4 Å². The van der Waals surface area contributed by atoms with E-state index in [1.165, 1.54) is 27.4 Å². The van der Waals surface area contributed by atoms with Gasteiger partial charge in [-0.2, -0.15) is 0 Å². The van der Waals surface area contributed by atoms with Crippen LogP contribution in [0, 0.1) is 0 Å². The molecule has 3 aromatic carbocycles. The largest absolute Gasteiger partial charge is 0.252 e. The first-order chi connectivity index (χ1) is 11.4. The van der Waals surface area contributed by atoms with Gasteiger partial charge < -0.3 is 0 Å². The van der Waals surface area contributed by atoms with Crippen molar-refractivity contribution < 1.29 is 0 Å². The molecule has 1 atom stereocenters. The number of para-hydroxylation sites is 1. The summed E-state index contributed by atoms with van der Waals surface area (Å²) in [5.41, 5.74) is 3.60. The average Bonchev–Trinajstić information content (AvgIpc) is 2.63. The molecule has 0 saturated heterocycles. The summed E-state index contributed by atoms with van der Waals surface area (Å²) >= 11 is 0. The van der Waals surface area contributed by atoms with Gasteiger partial charge in [0.15, 0.2) is 0 Å². The van der Waals surface area contributed by atoms with E-state index in [0.29, 0.717) is 5.92 Å². The Hall–Kier alpha value is -2.67. The second-order valence-corrected chi connectivity index (χ2v) is 5.93. The number of aromatic nitrogens is 1. The SMILES string of the molecule is CCC(c1ccccc1)c1nc2ccccc2c2ccccc12. The molecule has 0 radical (unpaired) electrons. The van der Waals surface area contributed by atoms with Crippen molar-refractivity contribution in [3.05, 3.63) is 90.1 Å². The van der Waals surface area contributed by atoms with Crippen molar-refractivity contribution >= 4 is 21.7 Å². The minimum atomic E-state index is 0.325. The van der Waals surface area contributed by atoms with Crippen LogP contribution in [-0.2, 0) is 0 Å². The molecule has 4 aromatic rings. The Morgan fingerprint density at radius 3 is 2.04 bits per heavy atom. The summed E-state index contributed by atoms with van der Waals surface area (Å²) in [6, 6.07) is 27.8. The molecule has 4 rings (SSSR count). The van der Waals surface area contributed by atoms with Crippen molar-refractivity contribution in [1.82, 2.24) is 4.98 Å². The lowest BCUT2D eigenvalue weighted by Gasteiger charge is -2.18. The molecule has 23 heavy (non-hydrogen) atoms. The minimum absolute atomic E-state index is 0.325. The third-order valence-electron chi connectivity index (χ3n) is 4.58. The molecule has 0 saturated carbocycles. The molecular formula is C22H19N. The maximum absolute atomic E-state index is 5.05. The Kier molecular flexibility index (Phi) is 3.55. The third kappa shape index (κ3) is 2.39. The smallest absolute Gasteiger partial charge is 0.0712 e. The highest BCUT2D eigenvalue weighted by molar-refractivity contribution is 6.06. The molecule has 0 aliphatic heterocycles. The zero-order chi connectivity index (χ0) is 15.6. The van der Waals surface area contributed by atoms with Gasteiger partial charge in [0.2, 0.25) is 0 Å². The first-order valence-corrected chi connectivity index (χ1v) is 8.21. The van der Waals surface area contributed by atoms with Crippen LogP contribution in [0.25, 0.3) is 21.7 Å². The Morgan fingerprint density at radius 1 is 0.696 bits per heavy atom. The first-order valence-electron chi connectivity index (χ1n) is 8.21. The van der Waals surface area contributed by atoms with Gasteiger partial charge in [-0.1, -0.05) is 79.7 Å². The zero-order valence-electron chi connectivity index (χ0n) is 13.2. The molecule has 0 aliphatic carbocycles. The van der Waals surface area contributed by atoms with E-state index in [1.54, 1.807) is 0 Å². The van der Waals surface area contributed by atoms with Crippen molar-refractivity contribution in [1.29, 1.82) is 0 Å². The molecule has 1 unspecified atom stereocenters. The lowest BCUT2D eigenvalue weighted by Crippen LogP contribution is -2.04. The van der Waals surface area contributed by atoms with Crippen LogP contribution in [-0.4, -0.2) is 4.98 Å². The van der Waals surface area contributed by atoms with Crippen molar-refractivity contribution in [3.63, 3.8) is 0 Å². The Labute approximate surface area is 136 Å². The molecule has 1 aromatic heterocycles. The fourth-order valence-electron chi connectivity index (χ4n) is 3.47. The highest BCUT2D eigenvalue weighted by atomic mass is 14.7. The number of hydrogen-bond acceptors (Lipinski definition) is 1. The third-order valence-corrected chi connectivity index (χ3v) is 4.58. The van der Waals surface area contributed by atoms with Gasteiger partial charge in [0.05, 0.1) is 11.2 Å². The molecule has 0 aliphatic rings. The Bertz CT molecular complexity index is 957. The number of fused-ring (bicyclic) bond motifs is 3. The number of benzene rings is 3. The van der Waals surface area contributed by atoms with Gasteiger partial charge in [-0.25, -0.2) is 0 Å². The van der Waals surface area contributed by atoms with Crippen LogP contribution in [0.4, 0.5) is 0 Å². The van der Waals surface area contributed by atoms with Crippen LogP contribution in [0.1, 0.15) is 30.5 Å². The van der Waals surface area contributed by atoms with Crippen LogP contribution in [0.15, 0.2) is 78.9 Å². The highest BCUT2D eigenvalue weighted by Gasteiger charge is 2.17. The van der Waals surface area contributed by atoms with Gasteiger partial charge in [-0.15, -0.1) is 0 Å². The van der Waals surface area contributed by atoms with Crippen LogP contribution in [0.5, 0.6) is 0 Å². The maximum atomic E-state index is 5.05. The summed E-state index contributed by atoms with van der Waals surface area (Å²) in [5.74, 6) is 0.325. The molecule has 0 spiro atoms. The van der Waals surface area contributed by atoms with Crippen molar-refractivity contribution in [3.8, 4) is 0 Å². The molecule has 1 heterocycles. The van der Waals surface area contributed by atoms with Crippen molar-refractivity contribution in [2.45, 2.75) is 19.3 Å². The predicted octanol–water partition coefficient (Wildman–Crippen LogP) is 5.93. The fourth-order valence-corrected chi connectivity index (χ4v) is 3.47. The lowest BCUT2D eigenvalue weighted by atomic mass is 9.89. The number of pyridine rings is 1. The molecule has 0 N–H and O–H groups in total.